The van der Waals surface area contributed by atoms with Gasteiger partial charge in [-0.05, 0) is 38.1 Å². The van der Waals surface area contributed by atoms with E-state index in [1.807, 2.05) is 30.1 Å². The van der Waals surface area contributed by atoms with E-state index in [2.05, 4.69) is 19.2 Å². The molecule has 0 aromatic heterocycles. The molecule has 0 aliphatic rings. The number of nitrogens with one attached hydrogen (secondary N) is 1. The van der Waals surface area contributed by atoms with Gasteiger partial charge in [-0.25, -0.2) is 0 Å². The van der Waals surface area contributed by atoms with Crippen LogP contribution in [0.25, 0.3) is 0 Å². The van der Waals surface area contributed by atoms with Crippen molar-refractivity contribution in [3.8, 4) is 5.75 Å². The second-order valence-corrected chi connectivity index (χ2v) is 5.71. The zero-order chi connectivity index (χ0) is 15.8. The monoisotopic (exact) mass is 293 g/mol. The first-order valence-corrected chi connectivity index (χ1v) is 7.30. The maximum atomic E-state index is 12.0. The molecule has 1 rings (SSSR count). The second kappa shape index (κ2) is 8.64. The summed E-state index contributed by atoms with van der Waals surface area (Å²) in [6.07, 6.45) is 0.889. The fourth-order valence-electron chi connectivity index (χ4n) is 1.93. The highest BCUT2D eigenvalue weighted by Gasteiger charge is 2.11. The molecule has 0 saturated heterocycles. The van der Waals surface area contributed by atoms with Gasteiger partial charge in [-0.2, -0.15) is 0 Å². The minimum absolute atomic E-state index is 0.0381. The minimum atomic E-state index is -0.0381. The average Bonchev–Trinajstić information content (AvgIpc) is 2.44. The number of nitrogens with two attached hydrogens (primary N) is 1. The van der Waals surface area contributed by atoms with Gasteiger partial charge < -0.3 is 15.8 Å². The van der Waals surface area contributed by atoms with Gasteiger partial charge in [0, 0.05) is 17.8 Å². The van der Waals surface area contributed by atoms with E-state index in [-0.39, 0.29) is 11.9 Å². The van der Waals surface area contributed by atoms with Crippen molar-refractivity contribution in [2.75, 3.05) is 32.6 Å². The predicted molar refractivity (Wildman–Crippen MR) is 86.6 cm³/mol. The number of benzene rings is 1. The van der Waals surface area contributed by atoms with Crippen LogP contribution in [-0.4, -0.2) is 44.1 Å². The van der Waals surface area contributed by atoms with Gasteiger partial charge >= 0.3 is 0 Å². The van der Waals surface area contributed by atoms with Gasteiger partial charge in [0.1, 0.15) is 5.75 Å². The molecule has 1 aromatic carbocycles. The fourth-order valence-corrected chi connectivity index (χ4v) is 1.93. The molecule has 118 valence electrons. The van der Waals surface area contributed by atoms with Crippen molar-refractivity contribution < 1.29 is 9.53 Å². The number of hydrogen-bond donors (Lipinski definition) is 2. The molecule has 0 spiro atoms. The van der Waals surface area contributed by atoms with E-state index in [1.165, 1.54) is 0 Å². The van der Waals surface area contributed by atoms with Crippen molar-refractivity contribution in [2.45, 2.75) is 26.3 Å². The normalized spacial score (nSPS) is 12.5. The van der Waals surface area contributed by atoms with Gasteiger partial charge in [-0.1, -0.05) is 19.9 Å². The van der Waals surface area contributed by atoms with E-state index in [9.17, 15) is 4.79 Å². The fraction of sp³-hybridized carbons (Fsp3) is 0.562. The number of rotatable bonds is 8. The lowest BCUT2D eigenvalue weighted by Crippen LogP contribution is -2.35. The zero-order valence-electron chi connectivity index (χ0n) is 13.4. The highest BCUT2D eigenvalue weighted by molar-refractivity contribution is 5.92. The first kappa shape index (κ1) is 17.5. The Labute approximate surface area is 127 Å². The summed E-state index contributed by atoms with van der Waals surface area (Å²) in [4.78, 5) is 14.0. The Hall–Kier alpha value is -1.59. The maximum absolute atomic E-state index is 12.0. The van der Waals surface area contributed by atoms with Crippen LogP contribution in [0, 0.1) is 5.92 Å². The topological polar surface area (TPSA) is 67.6 Å². The molecule has 1 atom stereocenters. The van der Waals surface area contributed by atoms with E-state index < -0.39 is 0 Å². The molecule has 0 fully saturated rings. The molecule has 0 saturated carbocycles. The number of anilines is 1. The molecule has 21 heavy (non-hydrogen) atoms. The molecule has 0 aliphatic carbocycles. The van der Waals surface area contributed by atoms with E-state index >= 15 is 0 Å². The Morgan fingerprint density at radius 3 is 2.76 bits per heavy atom. The van der Waals surface area contributed by atoms with Crippen molar-refractivity contribution in [3.05, 3.63) is 24.3 Å². The molecular formula is C16H27N3O2. The van der Waals surface area contributed by atoms with E-state index in [0.717, 1.165) is 24.4 Å². The summed E-state index contributed by atoms with van der Waals surface area (Å²) in [5, 5.41) is 2.87. The summed E-state index contributed by atoms with van der Waals surface area (Å²) in [6.45, 7) is 5.38. The van der Waals surface area contributed by atoms with Crippen LogP contribution >= 0.6 is 0 Å². The molecule has 1 amide bonds. The quantitative estimate of drug-likeness (QED) is 0.768. The van der Waals surface area contributed by atoms with E-state index in [0.29, 0.717) is 12.5 Å². The lowest BCUT2D eigenvalue weighted by atomic mass is 10.0. The number of carbonyl (C=O) groups excluding carboxylic acids is 1. The summed E-state index contributed by atoms with van der Waals surface area (Å²) in [7, 11) is 3.53. The summed E-state index contributed by atoms with van der Waals surface area (Å²) in [5.74, 6) is 1.15. The van der Waals surface area contributed by atoms with Gasteiger partial charge in [-0.3, -0.25) is 9.69 Å². The highest BCUT2D eigenvalue weighted by atomic mass is 16.5. The summed E-state index contributed by atoms with van der Waals surface area (Å²) in [6, 6.07) is 7.50. The third-order valence-electron chi connectivity index (χ3n) is 3.47. The SMILES string of the molecule is COc1cccc(NC(=O)CN(C)CCC(N)C(C)C)c1. The molecule has 1 unspecified atom stereocenters. The lowest BCUT2D eigenvalue weighted by molar-refractivity contribution is -0.117. The van der Waals surface area contributed by atoms with Crippen molar-refractivity contribution >= 4 is 11.6 Å². The van der Waals surface area contributed by atoms with Crippen LogP contribution in [0.3, 0.4) is 0 Å². The van der Waals surface area contributed by atoms with E-state index in [4.69, 9.17) is 10.5 Å². The van der Waals surface area contributed by atoms with Gasteiger partial charge in [0.05, 0.1) is 13.7 Å². The van der Waals surface area contributed by atoms with Crippen LogP contribution in [0.4, 0.5) is 5.69 Å². The zero-order valence-corrected chi connectivity index (χ0v) is 13.4. The van der Waals surface area contributed by atoms with Gasteiger partial charge in [-0.15, -0.1) is 0 Å². The largest absolute Gasteiger partial charge is 0.497 e. The first-order chi connectivity index (χ1) is 9.92. The predicted octanol–water partition coefficient (Wildman–Crippen LogP) is 1.94. The molecule has 5 nitrogen and oxygen atoms in total. The second-order valence-electron chi connectivity index (χ2n) is 5.71. The Morgan fingerprint density at radius 2 is 2.14 bits per heavy atom. The average molecular weight is 293 g/mol. The maximum Gasteiger partial charge on any atom is 0.238 e. The molecule has 0 aliphatic heterocycles. The summed E-state index contributed by atoms with van der Waals surface area (Å²) in [5.41, 5.74) is 6.75. The smallest absolute Gasteiger partial charge is 0.238 e. The molecule has 1 aromatic rings. The van der Waals surface area contributed by atoms with Crippen LogP contribution in [-0.2, 0) is 4.79 Å². The first-order valence-electron chi connectivity index (χ1n) is 7.30. The summed E-state index contributed by atoms with van der Waals surface area (Å²) < 4.78 is 5.13. The highest BCUT2D eigenvalue weighted by Crippen LogP contribution is 2.16. The molecule has 0 radical (unpaired) electrons. The van der Waals surface area contributed by atoms with Crippen molar-refractivity contribution in [1.82, 2.24) is 4.90 Å². The standard InChI is InChI=1S/C16H27N3O2/c1-12(2)15(17)8-9-19(3)11-16(20)18-13-6-5-7-14(10-13)21-4/h5-7,10,12,15H,8-9,11,17H2,1-4H3,(H,18,20). The number of hydrogen-bond acceptors (Lipinski definition) is 4. The van der Waals surface area contributed by atoms with Gasteiger partial charge in [0.15, 0.2) is 0 Å². The molecule has 0 heterocycles. The number of carbonyl (C=O) groups is 1. The Kier molecular flexibility index (Phi) is 7.19. The number of amides is 1. The number of nitrogens with zero attached hydrogens (tertiary/aromatic N) is 1. The molecule has 3 N–H and O–H groups in total. The number of likely N-dealkylation sites (N-methyl/N-ethyl adjacent to an activating group) is 1. The van der Waals surface area contributed by atoms with Crippen molar-refractivity contribution in [1.29, 1.82) is 0 Å². The lowest BCUT2D eigenvalue weighted by Gasteiger charge is -2.21. The molecule has 0 bridgehead atoms. The third-order valence-corrected chi connectivity index (χ3v) is 3.47. The third kappa shape index (κ3) is 6.60. The van der Waals surface area contributed by atoms with Crippen LogP contribution in [0.5, 0.6) is 5.75 Å². The van der Waals surface area contributed by atoms with Gasteiger partial charge in [0.2, 0.25) is 5.91 Å². The van der Waals surface area contributed by atoms with Crippen LogP contribution in [0.2, 0.25) is 0 Å². The molecule has 5 heteroatoms. The Balaban J connectivity index is 2.38. The van der Waals surface area contributed by atoms with Crippen LogP contribution in [0.1, 0.15) is 20.3 Å². The van der Waals surface area contributed by atoms with Crippen molar-refractivity contribution in [3.63, 3.8) is 0 Å². The summed E-state index contributed by atoms with van der Waals surface area (Å²) >= 11 is 0. The van der Waals surface area contributed by atoms with Crippen LogP contribution in [0.15, 0.2) is 24.3 Å². The molecular weight excluding hydrogens is 266 g/mol. The Bertz CT molecular complexity index is 449. The minimum Gasteiger partial charge on any atom is -0.497 e. The number of ether oxygens (including phenoxy) is 1. The van der Waals surface area contributed by atoms with E-state index in [1.54, 1.807) is 13.2 Å². The van der Waals surface area contributed by atoms with Crippen molar-refractivity contribution in [2.24, 2.45) is 11.7 Å². The van der Waals surface area contributed by atoms with Crippen LogP contribution < -0.4 is 15.8 Å². The Morgan fingerprint density at radius 1 is 1.43 bits per heavy atom. The number of methoxy groups -OCH3 is 1. The van der Waals surface area contributed by atoms with Gasteiger partial charge in [0.25, 0.3) is 0 Å².